The number of benzene rings is 3. The van der Waals surface area contributed by atoms with Gasteiger partial charge in [-0.2, -0.15) is 0 Å². The van der Waals surface area contributed by atoms with E-state index in [1.807, 2.05) is 62.4 Å². The van der Waals surface area contributed by atoms with Gasteiger partial charge < -0.3 is 20.5 Å². The summed E-state index contributed by atoms with van der Waals surface area (Å²) in [7, 11) is 0. The number of para-hydroxylation sites is 1. The molecule has 2 aliphatic rings. The van der Waals surface area contributed by atoms with Crippen molar-refractivity contribution in [2.45, 2.75) is 51.2 Å². The van der Waals surface area contributed by atoms with Gasteiger partial charge in [0, 0.05) is 35.1 Å². The number of nitrogens with one attached hydrogen (secondary N) is 3. The van der Waals surface area contributed by atoms with E-state index >= 15 is 0 Å². The lowest BCUT2D eigenvalue weighted by molar-refractivity contribution is -0.133. The van der Waals surface area contributed by atoms with Crippen LogP contribution in [-0.2, 0) is 22.4 Å². The van der Waals surface area contributed by atoms with E-state index in [9.17, 15) is 18.8 Å². The van der Waals surface area contributed by atoms with Crippen molar-refractivity contribution in [2.75, 3.05) is 6.54 Å². The maximum Gasteiger partial charge on any atom is 0.255 e. The lowest BCUT2D eigenvalue weighted by Gasteiger charge is -2.38. The molecular weight excluding hydrogens is 519 g/mol. The molecule has 0 radical (unpaired) electrons. The summed E-state index contributed by atoms with van der Waals surface area (Å²) in [5, 5.41) is 6.96. The Balaban J connectivity index is 1.27. The van der Waals surface area contributed by atoms with Gasteiger partial charge in [-0.1, -0.05) is 68.8 Å². The first-order valence-electron chi connectivity index (χ1n) is 14.2. The smallest absolute Gasteiger partial charge is 0.255 e. The standard InChI is InChI=1S/C33H33FN4O3/c1-3-19(2)28(32(40)35-16-15-20-9-8-10-21(34)17-20)37-31(39)27-18-25-22-11-6-7-14-26(22)36-29(25)30-23-12-4-5-13-24(23)33(41)38(27)30/h4-14,17,19,27-28,30,36H,3,15-16,18H2,1-2H3,(H,35,40)(H,37,39). The monoisotopic (exact) mass is 552 g/mol. The van der Waals surface area contributed by atoms with Crippen LogP contribution >= 0.6 is 0 Å². The topological polar surface area (TPSA) is 94.3 Å². The zero-order chi connectivity index (χ0) is 28.7. The number of amides is 3. The molecule has 0 fully saturated rings. The summed E-state index contributed by atoms with van der Waals surface area (Å²) in [6.45, 7) is 4.21. The van der Waals surface area contributed by atoms with Crippen LogP contribution in [0.25, 0.3) is 10.9 Å². The average molecular weight is 553 g/mol. The molecule has 0 saturated heterocycles. The van der Waals surface area contributed by atoms with Gasteiger partial charge in [-0.25, -0.2) is 4.39 Å². The molecule has 0 aliphatic carbocycles. The van der Waals surface area contributed by atoms with Crippen molar-refractivity contribution in [1.29, 1.82) is 0 Å². The normalized spacial score (nSPS) is 18.8. The third-order valence-corrected chi connectivity index (χ3v) is 8.55. The summed E-state index contributed by atoms with van der Waals surface area (Å²) in [6.07, 6.45) is 1.49. The third kappa shape index (κ3) is 4.77. The van der Waals surface area contributed by atoms with E-state index in [0.717, 1.165) is 33.3 Å². The number of halogens is 1. The highest BCUT2D eigenvalue weighted by Gasteiger charge is 2.49. The van der Waals surface area contributed by atoms with E-state index in [1.165, 1.54) is 12.1 Å². The van der Waals surface area contributed by atoms with Gasteiger partial charge in [0.2, 0.25) is 11.8 Å². The van der Waals surface area contributed by atoms with Crippen molar-refractivity contribution < 1.29 is 18.8 Å². The van der Waals surface area contributed by atoms with Crippen LogP contribution in [0.2, 0.25) is 0 Å². The maximum absolute atomic E-state index is 14.0. The number of rotatable bonds is 8. The Bertz CT molecular complexity index is 1650. The molecule has 3 aromatic carbocycles. The molecule has 4 unspecified atom stereocenters. The number of carbonyl (C=O) groups is 3. The Hall–Kier alpha value is -4.46. The van der Waals surface area contributed by atoms with E-state index in [0.29, 0.717) is 31.4 Å². The van der Waals surface area contributed by atoms with Crippen molar-refractivity contribution in [1.82, 2.24) is 20.5 Å². The molecule has 4 atom stereocenters. The van der Waals surface area contributed by atoms with Crippen molar-refractivity contribution >= 4 is 28.6 Å². The van der Waals surface area contributed by atoms with Crippen LogP contribution in [0.1, 0.15) is 59.1 Å². The Morgan fingerprint density at radius 3 is 2.66 bits per heavy atom. The predicted octanol–water partition coefficient (Wildman–Crippen LogP) is 4.67. The Labute approximate surface area is 238 Å². The van der Waals surface area contributed by atoms with Gasteiger partial charge in [-0.3, -0.25) is 14.4 Å². The van der Waals surface area contributed by atoms with Gasteiger partial charge in [-0.05, 0) is 53.3 Å². The van der Waals surface area contributed by atoms with Crippen molar-refractivity contribution in [3.8, 4) is 0 Å². The summed E-state index contributed by atoms with van der Waals surface area (Å²) in [4.78, 5) is 46.3. The molecule has 210 valence electrons. The van der Waals surface area contributed by atoms with E-state index in [4.69, 9.17) is 0 Å². The van der Waals surface area contributed by atoms with Crippen LogP contribution < -0.4 is 10.6 Å². The molecule has 6 rings (SSSR count). The molecule has 2 aliphatic heterocycles. The molecule has 0 spiro atoms. The molecule has 3 amide bonds. The minimum atomic E-state index is -0.779. The van der Waals surface area contributed by atoms with E-state index < -0.39 is 18.1 Å². The number of hydrogen-bond acceptors (Lipinski definition) is 3. The average Bonchev–Trinajstić information content (AvgIpc) is 3.50. The quantitative estimate of drug-likeness (QED) is 0.297. The predicted molar refractivity (Wildman–Crippen MR) is 155 cm³/mol. The third-order valence-electron chi connectivity index (χ3n) is 8.55. The summed E-state index contributed by atoms with van der Waals surface area (Å²) in [5.74, 6) is -1.28. The van der Waals surface area contributed by atoms with Gasteiger partial charge in [0.1, 0.15) is 17.9 Å². The molecule has 0 bridgehead atoms. The number of fused-ring (bicyclic) bond motifs is 7. The second kappa shape index (κ2) is 10.8. The van der Waals surface area contributed by atoms with Crippen LogP contribution in [0.5, 0.6) is 0 Å². The zero-order valence-electron chi connectivity index (χ0n) is 23.1. The van der Waals surface area contributed by atoms with Crippen LogP contribution in [0.4, 0.5) is 4.39 Å². The van der Waals surface area contributed by atoms with Crippen LogP contribution in [0, 0.1) is 11.7 Å². The SMILES string of the molecule is CCC(C)C(NC(=O)C1Cc2c([nH]c3ccccc23)C2c3ccccc3C(=O)N12)C(=O)NCCc1cccc(F)c1. The molecule has 41 heavy (non-hydrogen) atoms. The minimum Gasteiger partial charge on any atom is -0.356 e. The molecular formula is C33H33FN4O3. The number of aromatic nitrogens is 1. The Morgan fingerprint density at radius 2 is 1.85 bits per heavy atom. The molecule has 3 heterocycles. The summed E-state index contributed by atoms with van der Waals surface area (Å²) < 4.78 is 13.6. The number of aromatic amines is 1. The number of nitrogens with zero attached hydrogens (tertiary/aromatic N) is 1. The van der Waals surface area contributed by atoms with E-state index in [2.05, 4.69) is 15.6 Å². The maximum atomic E-state index is 14.0. The van der Waals surface area contributed by atoms with Crippen molar-refractivity contribution in [3.63, 3.8) is 0 Å². The zero-order valence-corrected chi connectivity index (χ0v) is 23.1. The van der Waals surface area contributed by atoms with Crippen molar-refractivity contribution in [2.24, 2.45) is 5.92 Å². The first-order chi connectivity index (χ1) is 19.9. The molecule has 4 aromatic rings. The second-order valence-electron chi connectivity index (χ2n) is 11.0. The van der Waals surface area contributed by atoms with E-state index in [-0.39, 0.29) is 29.5 Å². The summed E-state index contributed by atoms with van der Waals surface area (Å²) in [6, 6.07) is 19.8. The van der Waals surface area contributed by atoms with Gasteiger partial charge in [-0.15, -0.1) is 0 Å². The lowest BCUT2D eigenvalue weighted by Crippen LogP contribution is -2.58. The Morgan fingerprint density at radius 1 is 1.07 bits per heavy atom. The van der Waals surface area contributed by atoms with Gasteiger partial charge >= 0.3 is 0 Å². The van der Waals surface area contributed by atoms with Crippen LogP contribution in [-0.4, -0.2) is 46.2 Å². The minimum absolute atomic E-state index is 0.136. The van der Waals surface area contributed by atoms with E-state index in [1.54, 1.807) is 17.0 Å². The lowest BCUT2D eigenvalue weighted by atomic mass is 9.89. The highest BCUT2D eigenvalue weighted by molar-refractivity contribution is 6.04. The van der Waals surface area contributed by atoms with Crippen LogP contribution in [0.15, 0.2) is 72.8 Å². The van der Waals surface area contributed by atoms with Crippen LogP contribution in [0.3, 0.4) is 0 Å². The fourth-order valence-corrected chi connectivity index (χ4v) is 6.22. The summed E-state index contributed by atoms with van der Waals surface area (Å²) >= 11 is 0. The first kappa shape index (κ1) is 26.7. The number of H-pyrrole nitrogens is 1. The fourth-order valence-electron chi connectivity index (χ4n) is 6.22. The fraction of sp³-hybridized carbons (Fsp3) is 0.303. The van der Waals surface area contributed by atoms with Gasteiger partial charge in [0.05, 0.1) is 6.04 Å². The highest BCUT2D eigenvalue weighted by Crippen LogP contribution is 2.46. The molecule has 8 heteroatoms. The molecule has 1 aromatic heterocycles. The molecule has 0 saturated carbocycles. The number of carbonyl (C=O) groups excluding carboxylic acids is 3. The largest absolute Gasteiger partial charge is 0.356 e. The first-order valence-corrected chi connectivity index (χ1v) is 14.2. The molecule has 3 N–H and O–H groups in total. The van der Waals surface area contributed by atoms with Gasteiger partial charge in [0.15, 0.2) is 0 Å². The van der Waals surface area contributed by atoms with Gasteiger partial charge in [0.25, 0.3) is 5.91 Å². The number of hydrogen-bond donors (Lipinski definition) is 3. The molecule has 7 nitrogen and oxygen atoms in total. The summed E-state index contributed by atoms with van der Waals surface area (Å²) in [5.41, 5.74) is 5.16. The van der Waals surface area contributed by atoms with Crippen molar-refractivity contribution in [3.05, 3.63) is 107 Å². The second-order valence-corrected chi connectivity index (χ2v) is 11.0. The highest BCUT2D eigenvalue weighted by atomic mass is 19.1. The Kier molecular flexibility index (Phi) is 7.07.